The third kappa shape index (κ3) is 4.62. The second kappa shape index (κ2) is 9.90. The van der Waals surface area contributed by atoms with Gasteiger partial charge >= 0.3 is 0 Å². The molecule has 4 rings (SSSR count). The first-order valence-electron chi connectivity index (χ1n) is 11.5. The number of ether oxygens (including phenoxy) is 1. The van der Waals surface area contributed by atoms with E-state index in [9.17, 15) is 14.4 Å². The zero-order chi connectivity index (χ0) is 23.4. The van der Waals surface area contributed by atoms with Crippen LogP contribution in [0.3, 0.4) is 0 Å². The molecule has 2 heterocycles. The Balaban J connectivity index is 1.61. The van der Waals surface area contributed by atoms with Gasteiger partial charge in [0.25, 0.3) is 11.7 Å². The fourth-order valence-corrected chi connectivity index (χ4v) is 4.34. The SMILES string of the molecule is CCOc1ccc(N(CC)C(=O)C(=O)c2cn(CC(=O)N3CCCC3)c3ccccc23)cc1. The largest absolute Gasteiger partial charge is 0.494 e. The van der Waals surface area contributed by atoms with Gasteiger partial charge in [0.2, 0.25) is 5.91 Å². The molecular weight excluding hydrogens is 418 g/mol. The number of hydrogen-bond donors (Lipinski definition) is 0. The second-order valence-electron chi connectivity index (χ2n) is 8.08. The summed E-state index contributed by atoms with van der Waals surface area (Å²) in [4.78, 5) is 42.6. The number of ketones is 1. The number of carbonyl (C=O) groups is 3. The number of fused-ring (bicyclic) bond motifs is 1. The van der Waals surface area contributed by atoms with Gasteiger partial charge < -0.3 is 19.1 Å². The van der Waals surface area contributed by atoms with Crippen molar-refractivity contribution in [2.75, 3.05) is 31.1 Å². The smallest absolute Gasteiger partial charge is 0.299 e. The van der Waals surface area contributed by atoms with Gasteiger partial charge in [0.15, 0.2) is 0 Å². The fourth-order valence-electron chi connectivity index (χ4n) is 4.34. The zero-order valence-electron chi connectivity index (χ0n) is 19.1. The highest BCUT2D eigenvalue weighted by Gasteiger charge is 2.27. The van der Waals surface area contributed by atoms with Gasteiger partial charge in [-0.05, 0) is 57.0 Å². The van der Waals surface area contributed by atoms with E-state index in [1.807, 2.05) is 43.0 Å². The molecule has 0 unspecified atom stereocenters. The highest BCUT2D eigenvalue weighted by atomic mass is 16.5. The Labute approximate surface area is 193 Å². The zero-order valence-corrected chi connectivity index (χ0v) is 19.1. The van der Waals surface area contributed by atoms with Crippen LogP contribution in [0, 0.1) is 0 Å². The summed E-state index contributed by atoms with van der Waals surface area (Å²) in [7, 11) is 0. The number of aromatic nitrogens is 1. The van der Waals surface area contributed by atoms with Crippen molar-refractivity contribution in [1.82, 2.24) is 9.47 Å². The lowest BCUT2D eigenvalue weighted by Gasteiger charge is -2.20. The molecular formula is C26H29N3O4. The lowest BCUT2D eigenvalue weighted by Crippen LogP contribution is -2.36. The van der Waals surface area contributed by atoms with E-state index in [4.69, 9.17) is 4.74 Å². The molecule has 172 valence electrons. The van der Waals surface area contributed by atoms with Crippen LogP contribution in [0.2, 0.25) is 0 Å². The minimum Gasteiger partial charge on any atom is -0.494 e. The summed E-state index contributed by atoms with van der Waals surface area (Å²) >= 11 is 0. The van der Waals surface area contributed by atoms with Crippen molar-refractivity contribution < 1.29 is 19.1 Å². The van der Waals surface area contributed by atoms with Crippen LogP contribution < -0.4 is 9.64 Å². The van der Waals surface area contributed by atoms with E-state index in [1.54, 1.807) is 35.0 Å². The van der Waals surface area contributed by atoms with Crippen LogP contribution in [0.4, 0.5) is 5.69 Å². The Morgan fingerprint density at radius 2 is 1.67 bits per heavy atom. The molecule has 3 aromatic rings. The molecule has 0 bridgehead atoms. The average molecular weight is 448 g/mol. The van der Waals surface area contributed by atoms with Crippen molar-refractivity contribution in [3.8, 4) is 5.75 Å². The minimum absolute atomic E-state index is 0.0307. The van der Waals surface area contributed by atoms with Crippen molar-refractivity contribution in [2.24, 2.45) is 0 Å². The predicted octanol–water partition coefficient (Wildman–Crippen LogP) is 3.90. The number of benzene rings is 2. The average Bonchev–Trinajstić information content (AvgIpc) is 3.49. The van der Waals surface area contributed by atoms with E-state index in [-0.39, 0.29) is 12.5 Å². The maximum Gasteiger partial charge on any atom is 0.299 e. The highest BCUT2D eigenvalue weighted by Crippen LogP contribution is 2.25. The Bertz CT molecular complexity index is 1160. The first-order chi connectivity index (χ1) is 16.0. The van der Waals surface area contributed by atoms with Gasteiger partial charge in [0.1, 0.15) is 12.3 Å². The van der Waals surface area contributed by atoms with E-state index < -0.39 is 11.7 Å². The van der Waals surface area contributed by atoms with E-state index in [0.29, 0.717) is 35.5 Å². The van der Waals surface area contributed by atoms with E-state index in [1.165, 1.54) is 4.90 Å². The molecule has 0 atom stereocenters. The monoisotopic (exact) mass is 447 g/mol. The summed E-state index contributed by atoms with van der Waals surface area (Å²) in [6, 6.07) is 14.5. The number of nitrogens with zero attached hydrogens (tertiary/aromatic N) is 3. The molecule has 1 aromatic heterocycles. The summed E-state index contributed by atoms with van der Waals surface area (Å²) in [5, 5.41) is 0.674. The molecule has 7 heteroatoms. The predicted molar refractivity (Wildman–Crippen MR) is 128 cm³/mol. The first kappa shape index (κ1) is 22.6. The van der Waals surface area contributed by atoms with Crippen LogP contribution in [-0.4, -0.2) is 53.3 Å². The number of likely N-dealkylation sites (tertiary alicyclic amines) is 1. The Morgan fingerprint density at radius 1 is 0.970 bits per heavy atom. The van der Waals surface area contributed by atoms with Gasteiger partial charge in [-0.1, -0.05) is 18.2 Å². The molecule has 7 nitrogen and oxygen atoms in total. The number of rotatable bonds is 8. The van der Waals surface area contributed by atoms with Crippen molar-refractivity contribution in [3.63, 3.8) is 0 Å². The summed E-state index contributed by atoms with van der Waals surface area (Å²) < 4.78 is 7.25. The van der Waals surface area contributed by atoms with Gasteiger partial charge in [0.05, 0.1) is 12.2 Å². The van der Waals surface area contributed by atoms with Gasteiger partial charge in [-0.25, -0.2) is 0 Å². The molecule has 0 saturated carbocycles. The van der Waals surface area contributed by atoms with Crippen LogP contribution in [0.5, 0.6) is 5.75 Å². The third-order valence-corrected chi connectivity index (χ3v) is 6.01. The number of para-hydroxylation sites is 1. The summed E-state index contributed by atoms with van der Waals surface area (Å²) in [6.45, 7) is 6.34. The molecule has 2 aromatic carbocycles. The molecule has 0 spiro atoms. The number of carbonyl (C=O) groups excluding carboxylic acids is 3. The number of anilines is 1. The molecule has 1 saturated heterocycles. The maximum absolute atomic E-state index is 13.3. The normalized spacial score (nSPS) is 13.3. The van der Waals surface area contributed by atoms with Gasteiger partial charge in [0, 0.05) is 42.4 Å². The van der Waals surface area contributed by atoms with Gasteiger partial charge in [-0.3, -0.25) is 14.4 Å². The molecule has 1 fully saturated rings. The summed E-state index contributed by atoms with van der Waals surface area (Å²) in [5.41, 5.74) is 1.71. The lowest BCUT2D eigenvalue weighted by molar-refractivity contribution is -0.130. The Kier molecular flexibility index (Phi) is 6.77. The van der Waals surface area contributed by atoms with Crippen LogP contribution in [-0.2, 0) is 16.1 Å². The van der Waals surface area contributed by atoms with Crippen LogP contribution >= 0.6 is 0 Å². The molecule has 33 heavy (non-hydrogen) atoms. The lowest BCUT2D eigenvalue weighted by atomic mass is 10.1. The number of amides is 2. The molecule has 2 amide bonds. The van der Waals surface area contributed by atoms with E-state index >= 15 is 0 Å². The number of likely N-dealkylation sites (N-methyl/N-ethyl adjacent to an activating group) is 1. The molecule has 1 aliphatic heterocycles. The fraction of sp³-hybridized carbons (Fsp3) is 0.346. The second-order valence-corrected chi connectivity index (χ2v) is 8.08. The Hall–Kier alpha value is -3.61. The maximum atomic E-state index is 13.3. The van der Waals surface area contributed by atoms with E-state index in [0.717, 1.165) is 31.4 Å². The molecule has 1 aliphatic rings. The van der Waals surface area contributed by atoms with E-state index in [2.05, 4.69) is 0 Å². The summed E-state index contributed by atoms with van der Waals surface area (Å²) in [5.74, 6) is -0.449. The number of Topliss-reactive ketones (excluding diaryl/α,β-unsaturated/α-hetero) is 1. The first-order valence-corrected chi connectivity index (χ1v) is 11.5. The summed E-state index contributed by atoms with van der Waals surface area (Å²) in [6.07, 6.45) is 3.69. The van der Waals surface area contributed by atoms with Crippen molar-refractivity contribution >= 4 is 34.2 Å². The van der Waals surface area contributed by atoms with Crippen molar-refractivity contribution in [2.45, 2.75) is 33.2 Å². The van der Waals surface area contributed by atoms with Gasteiger partial charge in [-0.2, -0.15) is 0 Å². The molecule has 0 aliphatic carbocycles. The standard InChI is InChI=1S/C26H29N3O4/c1-3-29(19-11-13-20(14-12-19)33-4-2)26(32)25(31)22-17-28(23-10-6-5-9-21(22)23)18-24(30)27-15-7-8-16-27/h5-6,9-14,17H,3-4,7-8,15-16,18H2,1-2H3. The van der Waals surface area contributed by atoms with Crippen LogP contribution in [0.25, 0.3) is 10.9 Å². The number of hydrogen-bond acceptors (Lipinski definition) is 4. The molecule has 0 N–H and O–H groups in total. The van der Waals surface area contributed by atoms with Crippen LogP contribution in [0.15, 0.2) is 54.7 Å². The third-order valence-electron chi connectivity index (χ3n) is 6.01. The Morgan fingerprint density at radius 3 is 2.33 bits per heavy atom. The van der Waals surface area contributed by atoms with Crippen LogP contribution in [0.1, 0.15) is 37.0 Å². The highest BCUT2D eigenvalue weighted by molar-refractivity contribution is 6.48. The van der Waals surface area contributed by atoms with Gasteiger partial charge in [-0.15, -0.1) is 0 Å². The quantitative estimate of drug-likeness (QED) is 0.388. The van der Waals surface area contributed by atoms with Crippen molar-refractivity contribution in [3.05, 3.63) is 60.3 Å². The topological polar surface area (TPSA) is 71.8 Å². The molecule has 0 radical (unpaired) electrons. The van der Waals surface area contributed by atoms with Crippen molar-refractivity contribution in [1.29, 1.82) is 0 Å². The minimum atomic E-state index is -0.601.